The van der Waals surface area contributed by atoms with Gasteiger partial charge < -0.3 is 20.6 Å². The number of benzene rings is 1. The molecule has 0 saturated carbocycles. The van der Waals surface area contributed by atoms with Crippen molar-refractivity contribution in [2.45, 2.75) is 19.0 Å². The lowest BCUT2D eigenvalue weighted by Gasteiger charge is -2.18. The molecule has 3 N–H and O–H groups in total. The van der Waals surface area contributed by atoms with Crippen LogP contribution in [0.5, 0.6) is 0 Å². The van der Waals surface area contributed by atoms with E-state index < -0.39 is 5.97 Å². The predicted octanol–water partition coefficient (Wildman–Crippen LogP) is 1.86. The SMILES string of the molecule is O=C(NCc1ccc(C(=O)O)cc1)NC1CCN(c2ccccn2)C1. The smallest absolute Gasteiger partial charge is 0.335 e. The highest BCUT2D eigenvalue weighted by Gasteiger charge is 2.24. The molecule has 3 rings (SSSR count). The second-order valence-electron chi connectivity index (χ2n) is 5.95. The van der Waals surface area contributed by atoms with Gasteiger partial charge in [0.05, 0.1) is 5.56 Å². The molecule has 1 aliphatic heterocycles. The molecule has 25 heavy (non-hydrogen) atoms. The first-order chi connectivity index (χ1) is 12.1. The molecule has 1 aromatic heterocycles. The average molecular weight is 340 g/mol. The summed E-state index contributed by atoms with van der Waals surface area (Å²) < 4.78 is 0. The Balaban J connectivity index is 1.44. The van der Waals surface area contributed by atoms with Crippen LogP contribution in [0.2, 0.25) is 0 Å². The van der Waals surface area contributed by atoms with Gasteiger partial charge in [-0.3, -0.25) is 0 Å². The number of aromatic carboxylic acids is 1. The maximum Gasteiger partial charge on any atom is 0.335 e. The van der Waals surface area contributed by atoms with Crippen molar-refractivity contribution in [2.75, 3.05) is 18.0 Å². The van der Waals surface area contributed by atoms with Gasteiger partial charge in [0.2, 0.25) is 0 Å². The third-order valence-corrected chi connectivity index (χ3v) is 4.15. The second-order valence-corrected chi connectivity index (χ2v) is 5.95. The minimum absolute atomic E-state index is 0.0800. The van der Waals surface area contributed by atoms with Gasteiger partial charge in [-0.1, -0.05) is 18.2 Å². The molecular weight excluding hydrogens is 320 g/mol. The van der Waals surface area contributed by atoms with Crippen LogP contribution in [0.3, 0.4) is 0 Å². The number of rotatable bonds is 5. The predicted molar refractivity (Wildman–Crippen MR) is 93.6 cm³/mol. The number of urea groups is 1. The highest BCUT2D eigenvalue weighted by Crippen LogP contribution is 2.17. The fourth-order valence-corrected chi connectivity index (χ4v) is 2.81. The normalized spacial score (nSPS) is 16.5. The zero-order valence-corrected chi connectivity index (χ0v) is 13.7. The maximum absolute atomic E-state index is 12.0. The molecule has 2 amide bonds. The first kappa shape index (κ1) is 16.8. The molecule has 7 nitrogen and oxygen atoms in total. The number of carboxylic acids is 1. The average Bonchev–Trinajstić information content (AvgIpc) is 3.09. The minimum atomic E-state index is -0.962. The number of nitrogens with one attached hydrogen (secondary N) is 2. The monoisotopic (exact) mass is 340 g/mol. The molecule has 2 aromatic rings. The van der Waals surface area contributed by atoms with Crippen molar-refractivity contribution in [1.29, 1.82) is 0 Å². The fourth-order valence-electron chi connectivity index (χ4n) is 2.81. The largest absolute Gasteiger partial charge is 0.478 e. The summed E-state index contributed by atoms with van der Waals surface area (Å²) >= 11 is 0. The lowest BCUT2D eigenvalue weighted by Crippen LogP contribution is -2.43. The van der Waals surface area contributed by atoms with E-state index in [-0.39, 0.29) is 17.6 Å². The Labute approximate surface area is 145 Å². The maximum atomic E-state index is 12.0. The number of pyridine rings is 1. The number of carboxylic acid groups (broad SMARTS) is 1. The van der Waals surface area contributed by atoms with Crippen molar-refractivity contribution < 1.29 is 14.7 Å². The summed E-state index contributed by atoms with van der Waals surface area (Å²) in [6.45, 7) is 1.94. The summed E-state index contributed by atoms with van der Waals surface area (Å²) in [6.07, 6.45) is 2.63. The number of aromatic nitrogens is 1. The lowest BCUT2D eigenvalue weighted by molar-refractivity contribution is 0.0697. The molecule has 0 spiro atoms. The van der Waals surface area contributed by atoms with Gasteiger partial charge in [0.15, 0.2) is 0 Å². The summed E-state index contributed by atoms with van der Waals surface area (Å²) in [5.41, 5.74) is 1.08. The van der Waals surface area contributed by atoms with Gasteiger partial charge >= 0.3 is 12.0 Å². The van der Waals surface area contributed by atoms with E-state index >= 15 is 0 Å². The Morgan fingerprint density at radius 2 is 2.00 bits per heavy atom. The van der Waals surface area contributed by atoms with E-state index in [9.17, 15) is 9.59 Å². The van der Waals surface area contributed by atoms with Crippen molar-refractivity contribution in [1.82, 2.24) is 15.6 Å². The van der Waals surface area contributed by atoms with Gasteiger partial charge in [-0.05, 0) is 36.2 Å². The number of amides is 2. The lowest BCUT2D eigenvalue weighted by atomic mass is 10.1. The van der Waals surface area contributed by atoms with Crippen LogP contribution in [0.25, 0.3) is 0 Å². The molecule has 2 heterocycles. The van der Waals surface area contributed by atoms with Gasteiger partial charge in [0.25, 0.3) is 0 Å². The van der Waals surface area contributed by atoms with Gasteiger partial charge in [0, 0.05) is 31.9 Å². The number of nitrogens with zero attached hydrogens (tertiary/aromatic N) is 2. The molecule has 1 fully saturated rings. The fraction of sp³-hybridized carbons (Fsp3) is 0.278. The first-order valence-electron chi connectivity index (χ1n) is 8.14. The quantitative estimate of drug-likeness (QED) is 0.772. The summed E-state index contributed by atoms with van der Waals surface area (Å²) in [4.78, 5) is 29.3. The molecule has 1 unspecified atom stereocenters. The number of hydrogen-bond acceptors (Lipinski definition) is 4. The van der Waals surface area contributed by atoms with Gasteiger partial charge in [-0.2, -0.15) is 0 Å². The first-order valence-corrected chi connectivity index (χ1v) is 8.14. The standard InChI is InChI=1S/C18H20N4O3/c23-17(24)14-6-4-13(5-7-14)11-20-18(25)21-15-8-10-22(12-15)16-3-1-2-9-19-16/h1-7,9,15H,8,10-12H2,(H,23,24)(H2,20,21,25). The molecule has 0 radical (unpaired) electrons. The van der Waals surface area contributed by atoms with E-state index in [0.717, 1.165) is 30.9 Å². The van der Waals surface area contributed by atoms with E-state index in [1.807, 2.05) is 18.2 Å². The van der Waals surface area contributed by atoms with Gasteiger partial charge in [-0.25, -0.2) is 14.6 Å². The minimum Gasteiger partial charge on any atom is -0.478 e. The third-order valence-electron chi connectivity index (χ3n) is 4.15. The van der Waals surface area contributed by atoms with Gasteiger partial charge in [-0.15, -0.1) is 0 Å². The van der Waals surface area contributed by atoms with Crippen LogP contribution >= 0.6 is 0 Å². The summed E-state index contributed by atoms with van der Waals surface area (Å²) in [6, 6.07) is 12.1. The number of hydrogen-bond donors (Lipinski definition) is 3. The molecule has 0 bridgehead atoms. The van der Waals surface area contributed by atoms with E-state index in [2.05, 4.69) is 20.5 Å². The van der Waals surface area contributed by atoms with Gasteiger partial charge in [0.1, 0.15) is 5.82 Å². The summed E-state index contributed by atoms with van der Waals surface area (Å²) in [7, 11) is 0. The van der Waals surface area contributed by atoms with Crippen molar-refractivity contribution >= 4 is 17.8 Å². The highest BCUT2D eigenvalue weighted by molar-refractivity contribution is 5.87. The zero-order valence-electron chi connectivity index (χ0n) is 13.7. The van der Waals surface area contributed by atoms with Crippen molar-refractivity contribution in [3.8, 4) is 0 Å². The van der Waals surface area contributed by atoms with Crippen molar-refractivity contribution in [2.24, 2.45) is 0 Å². The molecule has 1 saturated heterocycles. The third kappa shape index (κ3) is 4.47. The second kappa shape index (κ2) is 7.65. The highest BCUT2D eigenvalue weighted by atomic mass is 16.4. The zero-order chi connectivity index (χ0) is 17.6. The Morgan fingerprint density at radius 1 is 1.20 bits per heavy atom. The summed E-state index contributed by atoms with van der Waals surface area (Å²) in [5, 5.41) is 14.6. The number of carbonyl (C=O) groups is 2. The van der Waals surface area contributed by atoms with Crippen molar-refractivity contribution in [3.63, 3.8) is 0 Å². The number of carbonyl (C=O) groups excluding carboxylic acids is 1. The molecule has 0 aliphatic carbocycles. The van der Waals surface area contributed by atoms with E-state index in [1.54, 1.807) is 18.3 Å². The molecular formula is C18H20N4O3. The number of anilines is 1. The van der Waals surface area contributed by atoms with E-state index in [0.29, 0.717) is 6.54 Å². The molecule has 1 aromatic carbocycles. The Hall–Kier alpha value is -3.09. The van der Waals surface area contributed by atoms with Crippen molar-refractivity contribution in [3.05, 3.63) is 59.8 Å². The van der Waals surface area contributed by atoms with E-state index in [4.69, 9.17) is 5.11 Å². The Kier molecular flexibility index (Phi) is 5.13. The molecule has 7 heteroatoms. The molecule has 1 atom stereocenters. The van der Waals surface area contributed by atoms with Crippen LogP contribution in [0, 0.1) is 0 Å². The topological polar surface area (TPSA) is 94.6 Å². The molecule has 1 aliphatic rings. The van der Waals surface area contributed by atoms with Crippen LogP contribution in [-0.4, -0.2) is 41.2 Å². The Bertz CT molecular complexity index is 734. The van der Waals surface area contributed by atoms with Crippen LogP contribution < -0.4 is 15.5 Å². The van der Waals surface area contributed by atoms with Crippen LogP contribution in [0.4, 0.5) is 10.6 Å². The van der Waals surface area contributed by atoms with Crippen LogP contribution in [0.1, 0.15) is 22.3 Å². The van der Waals surface area contributed by atoms with Crippen LogP contribution in [-0.2, 0) is 6.54 Å². The Morgan fingerprint density at radius 3 is 2.68 bits per heavy atom. The van der Waals surface area contributed by atoms with Crippen LogP contribution in [0.15, 0.2) is 48.7 Å². The summed E-state index contributed by atoms with van der Waals surface area (Å²) in [5.74, 6) is -0.0401. The van der Waals surface area contributed by atoms with E-state index in [1.165, 1.54) is 12.1 Å². The molecule has 130 valence electrons.